The van der Waals surface area contributed by atoms with Gasteiger partial charge in [-0.15, -0.1) is 0 Å². The maximum absolute atomic E-state index is 14.0. The number of nitrogens with one attached hydrogen (secondary N) is 1. The van der Waals surface area contributed by atoms with Crippen LogP contribution in [-0.4, -0.2) is 50.4 Å². The maximum atomic E-state index is 14.0. The number of nitrogens with zero attached hydrogens (tertiary/aromatic N) is 2. The average Bonchev–Trinajstić information content (AvgIpc) is 2.96. The lowest BCUT2D eigenvalue weighted by molar-refractivity contribution is -0.139. The van der Waals surface area contributed by atoms with Crippen molar-refractivity contribution in [3.63, 3.8) is 0 Å². The van der Waals surface area contributed by atoms with Gasteiger partial charge in [-0.05, 0) is 75.7 Å². The van der Waals surface area contributed by atoms with Crippen LogP contribution >= 0.6 is 23.2 Å². The molecule has 0 unspecified atom stereocenters. The number of amides is 2. The highest BCUT2D eigenvalue weighted by Gasteiger charge is 2.33. The summed E-state index contributed by atoms with van der Waals surface area (Å²) in [6.07, 6.45) is 0.699. The SMILES string of the molecule is CCOc1ccc(S(=O)(=O)N(CC(=O)N(Cc2c(Cl)cccc2Cl)[C@@H](C)C(=O)N[C@H](C)CC)c2ccccc2)cc1. The van der Waals surface area contributed by atoms with E-state index in [0.29, 0.717) is 40.1 Å². The molecule has 1 N–H and O–H groups in total. The fourth-order valence-electron chi connectivity index (χ4n) is 4.03. The summed E-state index contributed by atoms with van der Waals surface area (Å²) in [6.45, 7) is 6.99. The predicted octanol–water partition coefficient (Wildman–Crippen LogP) is 5.92. The van der Waals surface area contributed by atoms with Crippen molar-refractivity contribution < 1.29 is 22.7 Å². The monoisotopic (exact) mass is 619 g/mol. The summed E-state index contributed by atoms with van der Waals surface area (Å²) in [5, 5.41) is 3.55. The molecule has 3 rings (SSSR count). The van der Waals surface area contributed by atoms with E-state index in [0.717, 1.165) is 4.31 Å². The van der Waals surface area contributed by atoms with E-state index in [9.17, 15) is 18.0 Å². The number of ether oxygens (including phenoxy) is 1. The highest BCUT2D eigenvalue weighted by molar-refractivity contribution is 7.92. The minimum atomic E-state index is -4.19. The van der Waals surface area contributed by atoms with Crippen LogP contribution in [0.15, 0.2) is 77.7 Å². The molecule has 0 aliphatic heterocycles. The zero-order chi connectivity index (χ0) is 30.2. The summed E-state index contributed by atoms with van der Waals surface area (Å²) in [4.78, 5) is 28.5. The summed E-state index contributed by atoms with van der Waals surface area (Å²) in [5.41, 5.74) is 0.746. The number of para-hydroxylation sites is 1. The number of anilines is 1. The van der Waals surface area contributed by atoms with Gasteiger partial charge < -0.3 is 15.0 Å². The van der Waals surface area contributed by atoms with E-state index >= 15 is 0 Å². The Bertz CT molecular complexity index is 1420. The van der Waals surface area contributed by atoms with E-state index in [1.165, 1.54) is 17.0 Å². The number of carbonyl (C=O) groups excluding carboxylic acids is 2. The van der Waals surface area contributed by atoms with Gasteiger partial charge in [0.2, 0.25) is 11.8 Å². The van der Waals surface area contributed by atoms with E-state index < -0.39 is 28.5 Å². The second kappa shape index (κ2) is 14.6. The van der Waals surface area contributed by atoms with Crippen LogP contribution in [0.5, 0.6) is 5.75 Å². The van der Waals surface area contributed by atoms with Gasteiger partial charge in [-0.25, -0.2) is 8.42 Å². The lowest BCUT2D eigenvalue weighted by Crippen LogP contribution is -2.52. The Labute approximate surface area is 252 Å². The minimum Gasteiger partial charge on any atom is -0.494 e. The van der Waals surface area contributed by atoms with Crippen LogP contribution in [0.2, 0.25) is 10.0 Å². The number of hydrogen-bond acceptors (Lipinski definition) is 5. The second-order valence-electron chi connectivity index (χ2n) is 9.47. The molecule has 3 aromatic carbocycles. The topological polar surface area (TPSA) is 96.0 Å². The average molecular weight is 621 g/mol. The standard InChI is InChI=1S/C30H35Cl2N3O5S/c1-5-21(3)33-30(37)22(4)34(19-26-27(31)13-10-14-28(26)32)29(36)20-35(23-11-8-7-9-12-23)41(38,39)25-17-15-24(16-18-25)40-6-2/h7-18,21-22H,5-6,19-20H2,1-4H3,(H,33,37)/t21-,22+/m1/s1. The van der Waals surface area contributed by atoms with E-state index in [4.69, 9.17) is 27.9 Å². The molecule has 0 heterocycles. The Morgan fingerprint density at radius 1 is 0.902 bits per heavy atom. The highest BCUT2D eigenvalue weighted by atomic mass is 35.5. The number of benzene rings is 3. The third-order valence-electron chi connectivity index (χ3n) is 6.60. The normalized spacial score (nSPS) is 12.7. The molecule has 220 valence electrons. The summed E-state index contributed by atoms with van der Waals surface area (Å²) < 4.78 is 34.3. The number of rotatable bonds is 13. The molecule has 41 heavy (non-hydrogen) atoms. The molecular formula is C30H35Cl2N3O5S. The van der Waals surface area contributed by atoms with Crippen molar-refractivity contribution >= 4 is 50.7 Å². The first-order valence-corrected chi connectivity index (χ1v) is 15.5. The van der Waals surface area contributed by atoms with Crippen molar-refractivity contribution in [2.45, 2.75) is 57.6 Å². The van der Waals surface area contributed by atoms with Crippen LogP contribution in [0, 0.1) is 0 Å². The Morgan fingerprint density at radius 2 is 1.51 bits per heavy atom. The first-order valence-electron chi connectivity index (χ1n) is 13.3. The predicted molar refractivity (Wildman–Crippen MR) is 163 cm³/mol. The molecule has 0 radical (unpaired) electrons. The lowest BCUT2D eigenvalue weighted by atomic mass is 10.1. The van der Waals surface area contributed by atoms with Crippen LogP contribution in [0.4, 0.5) is 5.69 Å². The molecule has 0 aromatic heterocycles. The van der Waals surface area contributed by atoms with Crippen LogP contribution in [0.3, 0.4) is 0 Å². The van der Waals surface area contributed by atoms with Gasteiger partial charge in [-0.2, -0.15) is 0 Å². The van der Waals surface area contributed by atoms with Gasteiger partial charge in [0.05, 0.1) is 17.2 Å². The molecule has 2 atom stereocenters. The second-order valence-corrected chi connectivity index (χ2v) is 12.1. The minimum absolute atomic E-state index is 0.0131. The number of halogens is 2. The van der Waals surface area contributed by atoms with E-state index in [2.05, 4.69) is 5.32 Å². The van der Waals surface area contributed by atoms with E-state index in [1.54, 1.807) is 67.6 Å². The molecule has 0 bridgehead atoms. The van der Waals surface area contributed by atoms with Crippen molar-refractivity contribution in [1.82, 2.24) is 10.2 Å². The van der Waals surface area contributed by atoms with Gasteiger partial charge in [0.1, 0.15) is 18.3 Å². The Balaban J connectivity index is 2.03. The zero-order valence-corrected chi connectivity index (χ0v) is 25.8. The van der Waals surface area contributed by atoms with Crippen molar-refractivity contribution in [1.29, 1.82) is 0 Å². The van der Waals surface area contributed by atoms with Gasteiger partial charge >= 0.3 is 0 Å². The van der Waals surface area contributed by atoms with Crippen molar-refractivity contribution in [2.75, 3.05) is 17.5 Å². The van der Waals surface area contributed by atoms with Gasteiger partial charge in [-0.1, -0.05) is 54.4 Å². The highest BCUT2D eigenvalue weighted by Crippen LogP contribution is 2.28. The van der Waals surface area contributed by atoms with Crippen molar-refractivity contribution in [2.24, 2.45) is 0 Å². The number of hydrogen-bond donors (Lipinski definition) is 1. The van der Waals surface area contributed by atoms with Gasteiger partial charge in [-0.3, -0.25) is 13.9 Å². The molecule has 8 nitrogen and oxygen atoms in total. The molecule has 11 heteroatoms. The zero-order valence-electron chi connectivity index (χ0n) is 23.5. The first-order chi connectivity index (χ1) is 19.5. The molecule has 3 aromatic rings. The van der Waals surface area contributed by atoms with Crippen molar-refractivity contribution in [3.8, 4) is 5.75 Å². The molecule has 0 saturated carbocycles. The summed E-state index contributed by atoms with van der Waals surface area (Å²) in [6, 6.07) is 18.2. The summed E-state index contributed by atoms with van der Waals surface area (Å²) in [7, 11) is -4.19. The molecule has 0 spiro atoms. The number of carbonyl (C=O) groups is 2. The first kappa shape index (κ1) is 32.2. The number of sulfonamides is 1. The fourth-order valence-corrected chi connectivity index (χ4v) is 5.96. The van der Waals surface area contributed by atoms with E-state index in [-0.39, 0.29) is 23.4 Å². The smallest absolute Gasteiger partial charge is 0.264 e. The Hall–Kier alpha value is -3.27. The van der Waals surface area contributed by atoms with Crippen LogP contribution < -0.4 is 14.4 Å². The third-order valence-corrected chi connectivity index (χ3v) is 9.10. The summed E-state index contributed by atoms with van der Waals surface area (Å²) >= 11 is 12.8. The fraction of sp³-hybridized carbons (Fsp3) is 0.333. The van der Waals surface area contributed by atoms with Crippen LogP contribution in [0.25, 0.3) is 0 Å². The van der Waals surface area contributed by atoms with Gasteiger partial charge in [0.15, 0.2) is 0 Å². The summed E-state index contributed by atoms with van der Waals surface area (Å²) in [5.74, 6) is -0.458. The lowest BCUT2D eigenvalue weighted by Gasteiger charge is -2.32. The molecule has 0 saturated heterocycles. The quantitative estimate of drug-likeness (QED) is 0.256. The van der Waals surface area contributed by atoms with Gasteiger partial charge in [0, 0.05) is 28.2 Å². The van der Waals surface area contributed by atoms with Gasteiger partial charge in [0.25, 0.3) is 10.0 Å². The molecule has 0 aliphatic carbocycles. The Kier molecular flexibility index (Phi) is 11.5. The molecule has 0 aliphatic rings. The van der Waals surface area contributed by atoms with E-state index in [1.807, 2.05) is 20.8 Å². The molecular weight excluding hydrogens is 585 g/mol. The van der Waals surface area contributed by atoms with Crippen LogP contribution in [0.1, 0.15) is 39.7 Å². The molecule has 0 fully saturated rings. The molecule has 2 amide bonds. The Morgan fingerprint density at radius 3 is 2.07 bits per heavy atom. The maximum Gasteiger partial charge on any atom is 0.264 e. The van der Waals surface area contributed by atoms with Crippen LogP contribution in [-0.2, 0) is 26.2 Å². The van der Waals surface area contributed by atoms with Crippen molar-refractivity contribution in [3.05, 3.63) is 88.4 Å². The largest absolute Gasteiger partial charge is 0.494 e. The third kappa shape index (κ3) is 8.15.